The standard InChI is InChI=1S/C19H19NO/c21-15-18-7-5-16(6-8-18)3-4-17-9-11-19(12-10-17)20-13-1-2-14-20/h3-12,15H,1-2,13-14H2/b4-3+. The van der Waals surface area contributed by atoms with E-state index >= 15 is 0 Å². The lowest BCUT2D eigenvalue weighted by Crippen LogP contribution is -2.17. The summed E-state index contributed by atoms with van der Waals surface area (Å²) in [7, 11) is 0. The largest absolute Gasteiger partial charge is 0.372 e. The van der Waals surface area contributed by atoms with Gasteiger partial charge in [-0.1, -0.05) is 48.6 Å². The van der Waals surface area contributed by atoms with E-state index in [0.29, 0.717) is 5.56 Å². The van der Waals surface area contributed by atoms with Gasteiger partial charge in [0, 0.05) is 24.3 Å². The first-order valence-electron chi connectivity index (χ1n) is 7.43. The predicted octanol–water partition coefficient (Wildman–Crippen LogP) is 4.27. The number of carbonyl (C=O) groups is 1. The molecule has 3 rings (SSSR count). The lowest BCUT2D eigenvalue weighted by Gasteiger charge is -2.17. The van der Waals surface area contributed by atoms with Gasteiger partial charge in [-0.05, 0) is 36.1 Å². The van der Waals surface area contributed by atoms with Crippen molar-refractivity contribution < 1.29 is 4.79 Å². The zero-order valence-corrected chi connectivity index (χ0v) is 12.0. The number of carbonyl (C=O) groups excluding carboxylic acids is 1. The van der Waals surface area contributed by atoms with E-state index in [1.165, 1.54) is 37.2 Å². The molecule has 2 aromatic carbocycles. The van der Waals surface area contributed by atoms with Crippen LogP contribution in [0.3, 0.4) is 0 Å². The van der Waals surface area contributed by atoms with Crippen LogP contribution in [0.4, 0.5) is 5.69 Å². The highest BCUT2D eigenvalue weighted by molar-refractivity contribution is 5.76. The summed E-state index contributed by atoms with van der Waals surface area (Å²) in [5.74, 6) is 0. The first-order valence-corrected chi connectivity index (χ1v) is 7.43. The summed E-state index contributed by atoms with van der Waals surface area (Å²) in [6, 6.07) is 16.3. The monoisotopic (exact) mass is 277 g/mol. The lowest BCUT2D eigenvalue weighted by atomic mass is 10.1. The van der Waals surface area contributed by atoms with Crippen LogP contribution >= 0.6 is 0 Å². The number of hydrogen-bond acceptors (Lipinski definition) is 2. The summed E-state index contributed by atoms with van der Waals surface area (Å²) in [6.45, 7) is 2.36. The average Bonchev–Trinajstić information content (AvgIpc) is 3.08. The molecule has 2 nitrogen and oxygen atoms in total. The first-order chi connectivity index (χ1) is 10.3. The van der Waals surface area contributed by atoms with Crippen molar-refractivity contribution in [3.05, 3.63) is 65.2 Å². The lowest BCUT2D eigenvalue weighted by molar-refractivity contribution is 0.112. The maximum Gasteiger partial charge on any atom is 0.150 e. The van der Waals surface area contributed by atoms with E-state index < -0.39 is 0 Å². The molecule has 0 N–H and O–H groups in total. The van der Waals surface area contributed by atoms with Crippen molar-refractivity contribution in [2.24, 2.45) is 0 Å². The van der Waals surface area contributed by atoms with Crippen molar-refractivity contribution in [2.75, 3.05) is 18.0 Å². The van der Waals surface area contributed by atoms with Gasteiger partial charge >= 0.3 is 0 Å². The summed E-state index contributed by atoms with van der Waals surface area (Å²) in [4.78, 5) is 13.1. The van der Waals surface area contributed by atoms with E-state index in [0.717, 1.165) is 11.8 Å². The zero-order chi connectivity index (χ0) is 14.5. The summed E-state index contributed by atoms with van der Waals surface area (Å²) < 4.78 is 0. The maximum atomic E-state index is 10.6. The Morgan fingerprint density at radius 1 is 0.714 bits per heavy atom. The number of rotatable bonds is 4. The van der Waals surface area contributed by atoms with Crippen molar-refractivity contribution in [2.45, 2.75) is 12.8 Å². The maximum absolute atomic E-state index is 10.6. The fraction of sp³-hybridized carbons (Fsp3) is 0.211. The van der Waals surface area contributed by atoms with Crippen molar-refractivity contribution in [3.63, 3.8) is 0 Å². The number of aldehydes is 1. The van der Waals surface area contributed by atoms with Crippen LogP contribution in [0.2, 0.25) is 0 Å². The van der Waals surface area contributed by atoms with Gasteiger partial charge in [0.2, 0.25) is 0 Å². The second-order valence-corrected chi connectivity index (χ2v) is 5.40. The van der Waals surface area contributed by atoms with E-state index in [1.807, 2.05) is 24.3 Å². The zero-order valence-electron chi connectivity index (χ0n) is 12.0. The molecule has 1 heterocycles. The summed E-state index contributed by atoms with van der Waals surface area (Å²) in [5, 5.41) is 0. The molecule has 1 fully saturated rings. The number of benzene rings is 2. The molecule has 21 heavy (non-hydrogen) atoms. The molecule has 106 valence electrons. The van der Waals surface area contributed by atoms with E-state index in [-0.39, 0.29) is 0 Å². The first kappa shape index (κ1) is 13.6. The van der Waals surface area contributed by atoms with E-state index in [1.54, 1.807) is 0 Å². The molecule has 1 saturated heterocycles. The Balaban J connectivity index is 1.68. The van der Waals surface area contributed by atoms with E-state index in [2.05, 4.69) is 41.3 Å². The Labute approximate surface area is 125 Å². The van der Waals surface area contributed by atoms with Crippen molar-refractivity contribution in [1.82, 2.24) is 0 Å². The van der Waals surface area contributed by atoms with Gasteiger partial charge in [0.15, 0.2) is 0 Å². The van der Waals surface area contributed by atoms with Crippen LogP contribution in [-0.4, -0.2) is 19.4 Å². The van der Waals surface area contributed by atoms with Gasteiger partial charge < -0.3 is 4.90 Å². The van der Waals surface area contributed by atoms with Gasteiger partial charge in [-0.15, -0.1) is 0 Å². The highest BCUT2D eigenvalue weighted by Crippen LogP contribution is 2.21. The summed E-state index contributed by atoms with van der Waals surface area (Å²) in [6.07, 6.45) is 7.64. The molecule has 1 aliphatic rings. The molecule has 1 aliphatic heterocycles. The Hall–Kier alpha value is -2.35. The minimum atomic E-state index is 0.710. The van der Waals surface area contributed by atoms with Crippen LogP contribution < -0.4 is 4.90 Å². The molecule has 0 spiro atoms. The molecule has 2 heteroatoms. The minimum Gasteiger partial charge on any atom is -0.372 e. The van der Waals surface area contributed by atoms with Gasteiger partial charge in [0.25, 0.3) is 0 Å². The molecule has 0 saturated carbocycles. The van der Waals surface area contributed by atoms with Crippen LogP contribution in [0.1, 0.15) is 34.3 Å². The Morgan fingerprint density at radius 2 is 1.19 bits per heavy atom. The fourth-order valence-corrected chi connectivity index (χ4v) is 2.65. The number of anilines is 1. The second-order valence-electron chi connectivity index (χ2n) is 5.40. The molecule has 0 radical (unpaired) electrons. The Morgan fingerprint density at radius 3 is 1.71 bits per heavy atom. The number of hydrogen-bond donors (Lipinski definition) is 0. The third-order valence-corrected chi connectivity index (χ3v) is 3.91. The highest BCUT2D eigenvalue weighted by atomic mass is 16.1. The smallest absolute Gasteiger partial charge is 0.150 e. The van der Waals surface area contributed by atoms with Crippen LogP contribution in [0.25, 0.3) is 12.2 Å². The van der Waals surface area contributed by atoms with Crippen LogP contribution in [0, 0.1) is 0 Å². The minimum absolute atomic E-state index is 0.710. The summed E-state index contributed by atoms with van der Waals surface area (Å²) >= 11 is 0. The normalized spacial score (nSPS) is 14.8. The van der Waals surface area contributed by atoms with Crippen molar-refractivity contribution >= 4 is 24.1 Å². The van der Waals surface area contributed by atoms with Gasteiger partial charge in [0.1, 0.15) is 6.29 Å². The average molecular weight is 277 g/mol. The molecule has 0 aliphatic carbocycles. The predicted molar refractivity (Wildman–Crippen MR) is 88.6 cm³/mol. The molecular weight excluding hydrogens is 258 g/mol. The van der Waals surface area contributed by atoms with Gasteiger partial charge in [0.05, 0.1) is 0 Å². The SMILES string of the molecule is O=Cc1ccc(/C=C/c2ccc(N3CCCC3)cc2)cc1. The highest BCUT2D eigenvalue weighted by Gasteiger charge is 2.11. The van der Waals surface area contributed by atoms with Crippen LogP contribution in [0.15, 0.2) is 48.5 Å². The Bertz CT molecular complexity index is 620. The summed E-state index contributed by atoms with van der Waals surface area (Å²) in [5.41, 5.74) is 4.32. The molecule has 0 unspecified atom stereocenters. The third-order valence-electron chi connectivity index (χ3n) is 3.91. The van der Waals surface area contributed by atoms with Gasteiger partial charge in [-0.25, -0.2) is 0 Å². The van der Waals surface area contributed by atoms with Crippen LogP contribution in [0.5, 0.6) is 0 Å². The molecule has 0 bridgehead atoms. The van der Waals surface area contributed by atoms with E-state index in [9.17, 15) is 4.79 Å². The quantitative estimate of drug-likeness (QED) is 0.614. The van der Waals surface area contributed by atoms with Crippen molar-refractivity contribution in [1.29, 1.82) is 0 Å². The topological polar surface area (TPSA) is 20.3 Å². The fourth-order valence-electron chi connectivity index (χ4n) is 2.65. The van der Waals surface area contributed by atoms with Gasteiger partial charge in [-0.2, -0.15) is 0 Å². The Kier molecular flexibility index (Phi) is 4.15. The molecule has 0 amide bonds. The molecule has 0 aromatic heterocycles. The van der Waals surface area contributed by atoms with E-state index in [4.69, 9.17) is 0 Å². The number of nitrogens with zero attached hydrogens (tertiary/aromatic N) is 1. The molecular formula is C19H19NO. The van der Waals surface area contributed by atoms with Crippen molar-refractivity contribution in [3.8, 4) is 0 Å². The molecule has 2 aromatic rings. The van der Waals surface area contributed by atoms with Crippen LogP contribution in [-0.2, 0) is 0 Å². The van der Waals surface area contributed by atoms with Gasteiger partial charge in [-0.3, -0.25) is 4.79 Å². The second kappa shape index (κ2) is 6.40. The third kappa shape index (κ3) is 3.40. The molecule has 0 atom stereocenters.